The van der Waals surface area contributed by atoms with E-state index in [0.29, 0.717) is 34.0 Å². The number of amides is 2. The number of ether oxygens (including phenoxy) is 2. The van der Waals surface area contributed by atoms with E-state index in [9.17, 15) is 14.4 Å². The lowest BCUT2D eigenvalue weighted by molar-refractivity contribution is -0.131. The molecule has 0 unspecified atom stereocenters. The van der Waals surface area contributed by atoms with Crippen LogP contribution in [0.3, 0.4) is 0 Å². The Morgan fingerprint density at radius 1 is 0.700 bits per heavy atom. The van der Waals surface area contributed by atoms with Crippen molar-refractivity contribution < 1.29 is 23.9 Å². The number of rotatable bonds is 6. The molecule has 3 rings (SSSR count). The van der Waals surface area contributed by atoms with Crippen LogP contribution in [0.5, 0.6) is 11.5 Å². The maximum Gasteiger partial charge on any atom is 0.308 e. The largest absolute Gasteiger partial charge is 0.497 e. The van der Waals surface area contributed by atoms with Crippen LogP contribution >= 0.6 is 0 Å². The summed E-state index contributed by atoms with van der Waals surface area (Å²) in [5.74, 6) is -0.187. The van der Waals surface area contributed by atoms with E-state index >= 15 is 0 Å². The van der Waals surface area contributed by atoms with Gasteiger partial charge in [0.05, 0.1) is 7.11 Å². The quantitative estimate of drug-likeness (QED) is 0.476. The van der Waals surface area contributed by atoms with Gasteiger partial charge in [-0.3, -0.25) is 14.4 Å². The molecule has 152 valence electrons. The Labute approximate surface area is 173 Å². The molecule has 3 aromatic rings. The van der Waals surface area contributed by atoms with Crippen LogP contribution in [0.15, 0.2) is 72.8 Å². The number of anilines is 2. The Morgan fingerprint density at radius 3 is 1.63 bits per heavy atom. The van der Waals surface area contributed by atoms with Crippen molar-refractivity contribution in [2.24, 2.45) is 0 Å². The topological polar surface area (TPSA) is 93.7 Å². The smallest absolute Gasteiger partial charge is 0.308 e. The molecule has 7 heteroatoms. The van der Waals surface area contributed by atoms with Gasteiger partial charge >= 0.3 is 5.97 Å². The maximum absolute atomic E-state index is 12.4. The highest BCUT2D eigenvalue weighted by atomic mass is 16.5. The van der Waals surface area contributed by atoms with Crippen molar-refractivity contribution in [3.63, 3.8) is 0 Å². The second-order valence-corrected chi connectivity index (χ2v) is 6.34. The van der Waals surface area contributed by atoms with Gasteiger partial charge in [0.1, 0.15) is 11.5 Å². The molecule has 0 atom stereocenters. The maximum atomic E-state index is 12.4. The highest BCUT2D eigenvalue weighted by Gasteiger charge is 2.10. The van der Waals surface area contributed by atoms with Crippen molar-refractivity contribution in [1.29, 1.82) is 0 Å². The summed E-state index contributed by atoms with van der Waals surface area (Å²) >= 11 is 0. The minimum atomic E-state index is -0.459. The monoisotopic (exact) mass is 404 g/mol. The SMILES string of the molecule is COc1cccc(C(=O)Nc2ccc(NC(=O)c3cccc(OC(C)=O)c3)cc2)c1. The Bertz CT molecular complexity index is 1080. The molecule has 0 fully saturated rings. The molecular weight excluding hydrogens is 384 g/mol. The third kappa shape index (κ3) is 5.45. The van der Waals surface area contributed by atoms with Crippen LogP contribution in [-0.2, 0) is 4.79 Å². The van der Waals surface area contributed by atoms with E-state index in [-0.39, 0.29) is 11.8 Å². The molecule has 0 bridgehead atoms. The fourth-order valence-electron chi connectivity index (χ4n) is 2.67. The number of carbonyl (C=O) groups is 3. The minimum Gasteiger partial charge on any atom is -0.497 e. The first kappa shape index (κ1) is 20.6. The molecule has 3 aromatic carbocycles. The molecule has 0 aliphatic rings. The van der Waals surface area contributed by atoms with Crippen molar-refractivity contribution in [2.75, 3.05) is 17.7 Å². The summed E-state index contributed by atoms with van der Waals surface area (Å²) in [5.41, 5.74) is 1.96. The van der Waals surface area contributed by atoms with Gasteiger partial charge in [0.25, 0.3) is 11.8 Å². The van der Waals surface area contributed by atoms with Gasteiger partial charge in [0.2, 0.25) is 0 Å². The first-order valence-corrected chi connectivity index (χ1v) is 9.10. The number of carbonyl (C=O) groups excluding carboxylic acids is 3. The van der Waals surface area contributed by atoms with E-state index in [1.807, 2.05) is 0 Å². The van der Waals surface area contributed by atoms with Gasteiger partial charge in [0, 0.05) is 29.4 Å². The summed E-state index contributed by atoms with van der Waals surface area (Å²) in [7, 11) is 1.54. The average Bonchev–Trinajstić information content (AvgIpc) is 2.75. The van der Waals surface area contributed by atoms with Crippen LogP contribution in [0.25, 0.3) is 0 Å². The van der Waals surface area contributed by atoms with Crippen molar-refractivity contribution >= 4 is 29.2 Å². The Balaban J connectivity index is 1.63. The fraction of sp³-hybridized carbons (Fsp3) is 0.0870. The van der Waals surface area contributed by atoms with E-state index in [1.165, 1.54) is 20.1 Å². The van der Waals surface area contributed by atoms with Crippen molar-refractivity contribution in [3.8, 4) is 11.5 Å². The Kier molecular flexibility index (Phi) is 6.44. The molecule has 7 nitrogen and oxygen atoms in total. The van der Waals surface area contributed by atoms with Gasteiger partial charge in [-0.05, 0) is 60.7 Å². The minimum absolute atomic E-state index is 0.270. The van der Waals surface area contributed by atoms with Crippen molar-refractivity contribution in [1.82, 2.24) is 0 Å². The second kappa shape index (κ2) is 9.38. The molecule has 0 spiro atoms. The first-order chi connectivity index (χ1) is 14.4. The molecule has 0 aliphatic heterocycles. The van der Waals surface area contributed by atoms with Gasteiger partial charge < -0.3 is 20.1 Å². The molecule has 0 aliphatic carbocycles. The molecule has 2 N–H and O–H groups in total. The molecule has 0 aromatic heterocycles. The van der Waals surface area contributed by atoms with Gasteiger partial charge in [-0.2, -0.15) is 0 Å². The third-order valence-corrected chi connectivity index (χ3v) is 4.09. The normalized spacial score (nSPS) is 10.1. The average molecular weight is 404 g/mol. The summed E-state index contributed by atoms with van der Waals surface area (Å²) in [6.07, 6.45) is 0. The van der Waals surface area contributed by atoms with Crippen LogP contribution < -0.4 is 20.1 Å². The van der Waals surface area contributed by atoms with Gasteiger partial charge in [-0.15, -0.1) is 0 Å². The summed E-state index contributed by atoms with van der Waals surface area (Å²) in [6, 6.07) is 19.9. The van der Waals surface area contributed by atoms with E-state index in [1.54, 1.807) is 66.7 Å². The predicted octanol–water partition coefficient (Wildman–Crippen LogP) is 4.13. The van der Waals surface area contributed by atoms with Crippen LogP contribution in [0.4, 0.5) is 11.4 Å². The van der Waals surface area contributed by atoms with E-state index in [4.69, 9.17) is 9.47 Å². The summed E-state index contributed by atoms with van der Waals surface area (Å²) in [4.78, 5) is 35.9. The highest BCUT2D eigenvalue weighted by molar-refractivity contribution is 6.06. The van der Waals surface area contributed by atoms with Crippen molar-refractivity contribution in [2.45, 2.75) is 6.92 Å². The zero-order chi connectivity index (χ0) is 21.5. The lowest BCUT2D eigenvalue weighted by atomic mass is 10.2. The van der Waals surface area contributed by atoms with E-state index in [0.717, 1.165) is 0 Å². The van der Waals surface area contributed by atoms with Crippen LogP contribution in [-0.4, -0.2) is 24.9 Å². The van der Waals surface area contributed by atoms with Gasteiger partial charge in [-0.25, -0.2) is 0 Å². The predicted molar refractivity (Wildman–Crippen MR) is 113 cm³/mol. The molecule has 0 saturated heterocycles. The van der Waals surface area contributed by atoms with E-state index < -0.39 is 5.97 Å². The Morgan fingerprint density at radius 2 is 1.17 bits per heavy atom. The standard InChI is InChI=1S/C23H20N2O5/c1-15(26)30-21-8-4-6-17(14-21)23(28)25-19-11-9-18(10-12-19)24-22(27)16-5-3-7-20(13-16)29-2/h3-14H,1-2H3,(H,24,27)(H,25,28). The molecular formula is C23H20N2O5. The number of esters is 1. The van der Waals surface area contributed by atoms with E-state index in [2.05, 4.69) is 10.6 Å². The molecule has 0 saturated carbocycles. The second-order valence-electron chi connectivity index (χ2n) is 6.34. The third-order valence-electron chi connectivity index (χ3n) is 4.09. The zero-order valence-corrected chi connectivity index (χ0v) is 16.5. The number of methoxy groups -OCH3 is 1. The zero-order valence-electron chi connectivity index (χ0n) is 16.5. The molecule has 0 heterocycles. The number of nitrogens with one attached hydrogen (secondary N) is 2. The lowest BCUT2D eigenvalue weighted by Gasteiger charge is -2.09. The summed E-state index contributed by atoms with van der Waals surface area (Å²) in [5, 5.41) is 5.55. The lowest BCUT2D eigenvalue weighted by Crippen LogP contribution is -2.13. The van der Waals surface area contributed by atoms with Gasteiger partial charge in [0.15, 0.2) is 0 Å². The summed E-state index contributed by atoms with van der Waals surface area (Å²) < 4.78 is 10.1. The Hall–Kier alpha value is -4.13. The summed E-state index contributed by atoms with van der Waals surface area (Å²) in [6.45, 7) is 1.29. The fourth-order valence-corrected chi connectivity index (χ4v) is 2.67. The number of benzene rings is 3. The van der Waals surface area contributed by atoms with Crippen molar-refractivity contribution in [3.05, 3.63) is 83.9 Å². The van der Waals surface area contributed by atoms with Crippen LogP contribution in [0.2, 0.25) is 0 Å². The van der Waals surface area contributed by atoms with Crippen LogP contribution in [0, 0.1) is 0 Å². The number of hydrogen-bond donors (Lipinski definition) is 2. The van der Waals surface area contributed by atoms with Crippen LogP contribution in [0.1, 0.15) is 27.6 Å². The molecule has 0 radical (unpaired) electrons. The van der Waals surface area contributed by atoms with Gasteiger partial charge in [-0.1, -0.05) is 12.1 Å². The first-order valence-electron chi connectivity index (χ1n) is 9.10. The molecule has 30 heavy (non-hydrogen) atoms. The number of hydrogen-bond acceptors (Lipinski definition) is 5. The highest BCUT2D eigenvalue weighted by Crippen LogP contribution is 2.19. The molecule has 2 amide bonds.